The standard InChI is InChI=1S/C8H10N.K/c1-6-4-3-5-8(9)7(6)2;/h3-5,9H,1-2H3;/q-1;+1. The van der Waals surface area contributed by atoms with Gasteiger partial charge in [-0.3, -0.25) is 0 Å². The minimum absolute atomic E-state index is 0. The van der Waals surface area contributed by atoms with E-state index in [0.29, 0.717) is 5.69 Å². The molecule has 0 fully saturated rings. The van der Waals surface area contributed by atoms with E-state index in [2.05, 4.69) is 0 Å². The number of hydrogen-bond donors (Lipinski definition) is 0. The topological polar surface area (TPSA) is 23.8 Å². The van der Waals surface area contributed by atoms with Crippen molar-refractivity contribution in [1.29, 1.82) is 0 Å². The fourth-order valence-electron chi connectivity index (χ4n) is 0.751. The second-order valence-electron chi connectivity index (χ2n) is 2.25. The Labute approximate surface area is 104 Å². The quantitative estimate of drug-likeness (QED) is 0.476. The van der Waals surface area contributed by atoms with Crippen molar-refractivity contribution in [1.82, 2.24) is 0 Å². The molecular formula is C8H10KN. The van der Waals surface area contributed by atoms with Gasteiger partial charge in [0.25, 0.3) is 0 Å². The van der Waals surface area contributed by atoms with E-state index in [1.54, 1.807) is 0 Å². The second kappa shape index (κ2) is 4.52. The zero-order chi connectivity index (χ0) is 6.85. The molecule has 1 nitrogen and oxygen atoms in total. The van der Waals surface area contributed by atoms with Gasteiger partial charge in [0.15, 0.2) is 0 Å². The predicted octanol–water partition coefficient (Wildman–Crippen LogP) is -0.00886. The van der Waals surface area contributed by atoms with Gasteiger partial charge in [0.05, 0.1) is 0 Å². The van der Waals surface area contributed by atoms with Crippen LogP contribution >= 0.6 is 0 Å². The third kappa shape index (κ3) is 2.36. The van der Waals surface area contributed by atoms with Crippen LogP contribution in [0.25, 0.3) is 5.73 Å². The molecule has 0 saturated heterocycles. The molecule has 0 spiro atoms. The van der Waals surface area contributed by atoms with Crippen LogP contribution in [0.15, 0.2) is 18.2 Å². The number of nitrogens with one attached hydrogen (secondary N) is 1. The van der Waals surface area contributed by atoms with Crippen molar-refractivity contribution in [2.45, 2.75) is 13.8 Å². The number of aryl methyl sites for hydroxylation is 1. The van der Waals surface area contributed by atoms with Crippen LogP contribution in [0.3, 0.4) is 0 Å². The van der Waals surface area contributed by atoms with Crippen LogP contribution in [0, 0.1) is 13.8 Å². The summed E-state index contributed by atoms with van der Waals surface area (Å²) in [6.45, 7) is 3.99. The Morgan fingerprint density at radius 2 is 1.80 bits per heavy atom. The summed E-state index contributed by atoms with van der Waals surface area (Å²) in [6, 6.07) is 5.74. The van der Waals surface area contributed by atoms with Gasteiger partial charge in [-0.25, -0.2) is 0 Å². The molecule has 0 atom stereocenters. The van der Waals surface area contributed by atoms with Gasteiger partial charge in [0, 0.05) is 0 Å². The van der Waals surface area contributed by atoms with Crippen LogP contribution in [0.1, 0.15) is 11.1 Å². The van der Waals surface area contributed by atoms with Crippen molar-refractivity contribution in [3.8, 4) is 0 Å². The molecule has 0 heterocycles. The first-order valence-corrected chi connectivity index (χ1v) is 2.99. The summed E-state index contributed by atoms with van der Waals surface area (Å²) in [6.07, 6.45) is 0. The maximum atomic E-state index is 7.36. The Kier molecular flexibility index (Phi) is 4.81. The van der Waals surface area contributed by atoms with Crippen LogP contribution in [-0.2, 0) is 0 Å². The molecule has 1 N–H and O–H groups in total. The van der Waals surface area contributed by atoms with E-state index in [4.69, 9.17) is 5.73 Å². The predicted molar refractivity (Wildman–Crippen MR) is 39.9 cm³/mol. The molecule has 2 heteroatoms. The average molecular weight is 159 g/mol. The molecule has 1 aromatic carbocycles. The summed E-state index contributed by atoms with van der Waals surface area (Å²) >= 11 is 0. The maximum absolute atomic E-state index is 7.36. The Bertz CT molecular complexity index is 200. The molecular weight excluding hydrogens is 149 g/mol. The minimum atomic E-state index is 0. The van der Waals surface area contributed by atoms with Crippen molar-refractivity contribution in [3.63, 3.8) is 0 Å². The van der Waals surface area contributed by atoms with Crippen LogP contribution in [0.5, 0.6) is 0 Å². The van der Waals surface area contributed by atoms with Gasteiger partial charge < -0.3 is 5.73 Å². The van der Waals surface area contributed by atoms with E-state index in [-0.39, 0.29) is 51.4 Å². The van der Waals surface area contributed by atoms with Crippen molar-refractivity contribution in [2.24, 2.45) is 0 Å². The van der Waals surface area contributed by atoms with Gasteiger partial charge in [-0.15, -0.1) is 5.69 Å². The van der Waals surface area contributed by atoms with Gasteiger partial charge >= 0.3 is 51.4 Å². The van der Waals surface area contributed by atoms with E-state index < -0.39 is 0 Å². The smallest absolute Gasteiger partial charge is 0.698 e. The summed E-state index contributed by atoms with van der Waals surface area (Å²) in [7, 11) is 0. The SMILES string of the molecule is Cc1cccc([NH-])c1C.[K+]. The zero-order valence-corrected chi connectivity index (χ0v) is 9.86. The van der Waals surface area contributed by atoms with Gasteiger partial charge in [-0.05, 0) is 19.4 Å². The third-order valence-electron chi connectivity index (χ3n) is 1.60. The average Bonchev–Trinajstić information content (AvgIpc) is 1.83. The molecule has 0 unspecified atom stereocenters. The summed E-state index contributed by atoms with van der Waals surface area (Å²) in [5.41, 5.74) is 10.3. The Hall–Kier alpha value is 0.656. The summed E-state index contributed by atoms with van der Waals surface area (Å²) in [4.78, 5) is 0. The minimum Gasteiger partial charge on any atom is -0.698 e. The van der Waals surface area contributed by atoms with Gasteiger partial charge in [-0.1, -0.05) is 23.8 Å². The van der Waals surface area contributed by atoms with Crippen molar-refractivity contribution < 1.29 is 51.4 Å². The van der Waals surface area contributed by atoms with E-state index >= 15 is 0 Å². The van der Waals surface area contributed by atoms with Crippen LogP contribution in [0.4, 0.5) is 5.69 Å². The summed E-state index contributed by atoms with van der Waals surface area (Å²) in [5, 5.41) is 0. The first-order valence-electron chi connectivity index (χ1n) is 2.99. The van der Waals surface area contributed by atoms with Crippen LogP contribution < -0.4 is 51.4 Å². The largest absolute Gasteiger partial charge is 1.00 e. The normalized spacial score (nSPS) is 8.60. The van der Waals surface area contributed by atoms with E-state index in [9.17, 15) is 0 Å². The first kappa shape index (κ1) is 10.7. The molecule has 0 aromatic heterocycles. The molecule has 48 valence electrons. The zero-order valence-electron chi connectivity index (χ0n) is 6.73. The van der Waals surface area contributed by atoms with Crippen LogP contribution in [0.2, 0.25) is 0 Å². The third-order valence-corrected chi connectivity index (χ3v) is 1.60. The van der Waals surface area contributed by atoms with E-state index in [0.717, 1.165) is 5.56 Å². The van der Waals surface area contributed by atoms with Crippen molar-refractivity contribution >= 4 is 5.69 Å². The summed E-state index contributed by atoms with van der Waals surface area (Å²) in [5.74, 6) is 0. The Balaban J connectivity index is 0.000000810. The molecule has 1 rings (SSSR count). The molecule has 0 aliphatic carbocycles. The Morgan fingerprint density at radius 3 is 2.20 bits per heavy atom. The van der Waals surface area contributed by atoms with Gasteiger partial charge in [0.2, 0.25) is 0 Å². The van der Waals surface area contributed by atoms with Gasteiger partial charge in [0.1, 0.15) is 0 Å². The molecule has 0 saturated carbocycles. The van der Waals surface area contributed by atoms with Crippen molar-refractivity contribution in [3.05, 3.63) is 35.1 Å². The second-order valence-corrected chi connectivity index (χ2v) is 2.25. The van der Waals surface area contributed by atoms with Crippen LogP contribution in [-0.4, -0.2) is 0 Å². The first-order chi connectivity index (χ1) is 4.22. The Morgan fingerprint density at radius 1 is 1.20 bits per heavy atom. The number of hydrogen-bond acceptors (Lipinski definition) is 0. The molecule has 0 aliphatic rings. The summed E-state index contributed by atoms with van der Waals surface area (Å²) < 4.78 is 0. The fraction of sp³-hybridized carbons (Fsp3) is 0.250. The molecule has 10 heavy (non-hydrogen) atoms. The van der Waals surface area contributed by atoms with E-state index in [1.807, 2.05) is 32.0 Å². The molecule has 0 aliphatic heterocycles. The number of benzene rings is 1. The van der Waals surface area contributed by atoms with Gasteiger partial charge in [-0.2, -0.15) is 0 Å². The fourth-order valence-corrected chi connectivity index (χ4v) is 0.751. The monoisotopic (exact) mass is 159 g/mol. The molecule has 0 radical (unpaired) electrons. The maximum Gasteiger partial charge on any atom is 1.00 e. The molecule has 0 amide bonds. The number of rotatable bonds is 0. The van der Waals surface area contributed by atoms with E-state index in [1.165, 1.54) is 5.56 Å². The van der Waals surface area contributed by atoms with Crippen molar-refractivity contribution in [2.75, 3.05) is 0 Å². The molecule has 0 bridgehead atoms. The molecule has 1 aromatic rings.